The van der Waals surface area contributed by atoms with Crippen LogP contribution in [0.25, 0.3) is 0 Å². The Kier molecular flexibility index (Phi) is 2.55. The van der Waals surface area contributed by atoms with Crippen LogP contribution in [-0.2, 0) is 4.79 Å². The standard InChI is InChI=1S/C10H14BNO3/c11-10(15)12-5-6-3-1-2-4-7(6)8(12)9(13)14/h1-2,6-8H,3-5,11H2,(H,13,14)/t6?,7?,8-/m0/s1. The maximum Gasteiger partial charge on any atom is 0.326 e. The Balaban J connectivity index is 2.24. The Bertz CT molecular complexity index is 329. The maximum absolute atomic E-state index is 11.3. The number of carboxylic acid groups (broad SMARTS) is 1. The number of aliphatic carboxylic acids is 1. The fourth-order valence-electron chi connectivity index (χ4n) is 2.73. The molecule has 1 aliphatic heterocycles. The van der Waals surface area contributed by atoms with E-state index in [0.29, 0.717) is 12.5 Å². The zero-order valence-electron chi connectivity index (χ0n) is 8.72. The molecular formula is C10H14BNO3. The summed E-state index contributed by atoms with van der Waals surface area (Å²) in [4.78, 5) is 24.0. The first-order chi connectivity index (χ1) is 7.11. The van der Waals surface area contributed by atoms with Crippen molar-refractivity contribution in [3.8, 4) is 0 Å². The molecular weight excluding hydrogens is 193 g/mol. The number of likely N-dealkylation sites (tertiary alicyclic amines) is 1. The third kappa shape index (κ3) is 1.66. The van der Waals surface area contributed by atoms with Gasteiger partial charge in [-0.3, -0.25) is 4.79 Å². The summed E-state index contributed by atoms with van der Waals surface area (Å²) in [6, 6.07) is -0.613. The van der Waals surface area contributed by atoms with Crippen LogP contribution in [0.15, 0.2) is 12.2 Å². The zero-order valence-corrected chi connectivity index (χ0v) is 8.72. The molecule has 5 heteroatoms. The Morgan fingerprint density at radius 3 is 2.60 bits per heavy atom. The van der Waals surface area contributed by atoms with Crippen molar-refractivity contribution < 1.29 is 14.7 Å². The fraction of sp³-hybridized carbons (Fsp3) is 0.600. The summed E-state index contributed by atoms with van der Waals surface area (Å²) in [7, 11) is 1.45. The van der Waals surface area contributed by atoms with Crippen molar-refractivity contribution >= 4 is 19.6 Å². The molecule has 1 N–H and O–H groups in total. The topological polar surface area (TPSA) is 57.6 Å². The van der Waals surface area contributed by atoms with E-state index in [2.05, 4.69) is 6.08 Å². The molecule has 80 valence electrons. The lowest BCUT2D eigenvalue weighted by atomic mass is 9.82. The third-order valence-electron chi connectivity index (χ3n) is 3.45. The van der Waals surface area contributed by atoms with Crippen molar-refractivity contribution in [2.24, 2.45) is 11.8 Å². The first kappa shape index (κ1) is 10.3. The summed E-state index contributed by atoms with van der Waals surface area (Å²) in [5, 5.41) is 9.15. The van der Waals surface area contributed by atoms with Crippen LogP contribution in [-0.4, -0.2) is 42.2 Å². The van der Waals surface area contributed by atoms with Crippen molar-refractivity contribution in [3.63, 3.8) is 0 Å². The van der Waals surface area contributed by atoms with Gasteiger partial charge in [-0.25, -0.2) is 4.79 Å². The molecule has 3 atom stereocenters. The molecule has 1 heterocycles. The normalized spacial score (nSPS) is 33.9. The second-order valence-electron chi connectivity index (χ2n) is 4.32. The summed E-state index contributed by atoms with van der Waals surface area (Å²) in [5.74, 6) is -0.554. The Labute approximate surface area is 89.4 Å². The van der Waals surface area contributed by atoms with Crippen molar-refractivity contribution in [2.45, 2.75) is 18.9 Å². The van der Waals surface area contributed by atoms with Gasteiger partial charge in [0.1, 0.15) is 6.04 Å². The average molecular weight is 207 g/mol. The van der Waals surface area contributed by atoms with Crippen LogP contribution >= 0.6 is 0 Å². The van der Waals surface area contributed by atoms with Gasteiger partial charge in [0.2, 0.25) is 7.85 Å². The molecule has 15 heavy (non-hydrogen) atoms. The van der Waals surface area contributed by atoms with Crippen LogP contribution in [0.2, 0.25) is 0 Å². The molecule has 2 aliphatic rings. The minimum absolute atomic E-state index is 0.108. The van der Waals surface area contributed by atoms with E-state index in [1.54, 1.807) is 0 Å². The quantitative estimate of drug-likeness (QED) is 0.489. The molecule has 0 saturated carbocycles. The third-order valence-corrected chi connectivity index (χ3v) is 3.45. The van der Waals surface area contributed by atoms with E-state index < -0.39 is 12.0 Å². The smallest absolute Gasteiger partial charge is 0.326 e. The largest absolute Gasteiger partial charge is 0.480 e. The van der Waals surface area contributed by atoms with Gasteiger partial charge >= 0.3 is 5.97 Å². The van der Waals surface area contributed by atoms with E-state index in [-0.39, 0.29) is 11.7 Å². The fourth-order valence-corrected chi connectivity index (χ4v) is 2.73. The van der Waals surface area contributed by atoms with Gasteiger partial charge in [-0.05, 0) is 24.7 Å². The number of carbonyl (C=O) groups excluding carboxylic acids is 1. The van der Waals surface area contributed by atoms with E-state index in [1.165, 1.54) is 12.7 Å². The number of rotatable bonds is 1. The first-order valence-corrected chi connectivity index (χ1v) is 5.26. The molecule has 1 saturated heterocycles. The lowest BCUT2D eigenvalue weighted by molar-refractivity contribution is -0.142. The predicted octanol–water partition coefficient (Wildman–Crippen LogP) is 0.0907. The number of hydrogen-bond acceptors (Lipinski definition) is 2. The van der Waals surface area contributed by atoms with Crippen molar-refractivity contribution in [3.05, 3.63) is 12.2 Å². The zero-order chi connectivity index (χ0) is 11.0. The Morgan fingerprint density at radius 2 is 2.00 bits per heavy atom. The molecule has 4 nitrogen and oxygen atoms in total. The minimum atomic E-state index is -0.868. The minimum Gasteiger partial charge on any atom is -0.480 e. The van der Waals surface area contributed by atoms with Crippen LogP contribution in [0.5, 0.6) is 0 Å². The number of carbonyl (C=O) groups is 2. The predicted molar refractivity (Wildman–Crippen MR) is 57.4 cm³/mol. The van der Waals surface area contributed by atoms with Gasteiger partial charge in [-0.15, -0.1) is 0 Å². The summed E-state index contributed by atoms with van der Waals surface area (Å²) >= 11 is 0. The van der Waals surface area contributed by atoms with Crippen molar-refractivity contribution in [1.82, 2.24) is 4.90 Å². The second-order valence-corrected chi connectivity index (χ2v) is 4.32. The highest BCUT2D eigenvalue weighted by atomic mass is 16.4. The molecule has 0 aromatic carbocycles. The monoisotopic (exact) mass is 207 g/mol. The number of nitrogens with zero attached hydrogens (tertiary/aromatic N) is 1. The van der Waals surface area contributed by atoms with Crippen LogP contribution in [0.1, 0.15) is 12.8 Å². The molecule has 0 spiro atoms. The average Bonchev–Trinajstić information content (AvgIpc) is 2.56. The van der Waals surface area contributed by atoms with Crippen molar-refractivity contribution in [2.75, 3.05) is 6.54 Å². The van der Waals surface area contributed by atoms with Crippen molar-refractivity contribution in [1.29, 1.82) is 0 Å². The molecule has 0 radical (unpaired) electrons. The molecule has 1 aliphatic carbocycles. The van der Waals surface area contributed by atoms with Crippen LogP contribution < -0.4 is 0 Å². The maximum atomic E-state index is 11.3. The summed E-state index contributed by atoms with van der Waals surface area (Å²) in [5.41, 5.74) is 0. The summed E-state index contributed by atoms with van der Waals surface area (Å²) < 4.78 is 0. The molecule has 0 aromatic rings. The van der Waals surface area contributed by atoms with Gasteiger partial charge in [0.05, 0.1) is 0 Å². The SMILES string of the molecule is BC(=O)N1CC2CC=CCC2[C@H]1C(=O)O. The molecule has 2 unspecified atom stereocenters. The van der Waals surface area contributed by atoms with E-state index in [0.717, 1.165) is 12.8 Å². The van der Waals surface area contributed by atoms with Gasteiger partial charge in [0.25, 0.3) is 0 Å². The van der Waals surface area contributed by atoms with Gasteiger partial charge in [-0.2, -0.15) is 0 Å². The van der Waals surface area contributed by atoms with Crippen LogP contribution in [0, 0.1) is 11.8 Å². The highest BCUT2D eigenvalue weighted by Crippen LogP contribution is 2.37. The second kappa shape index (κ2) is 3.72. The van der Waals surface area contributed by atoms with Gasteiger partial charge < -0.3 is 10.0 Å². The lowest BCUT2D eigenvalue weighted by Gasteiger charge is -2.24. The van der Waals surface area contributed by atoms with Gasteiger partial charge in [-0.1, -0.05) is 12.2 Å². The van der Waals surface area contributed by atoms with Gasteiger partial charge in [0, 0.05) is 6.54 Å². The van der Waals surface area contributed by atoms with Crippen LogP contribution in [0.4, 0.5) is 4.79 Å². The van der Waals surface area contributed by atoms with E-state index in [9.17, 15) is 9.59 Å². The van der Waals surface area contributed by atoms with E-state index in [1.807, 2.05) is 6.08 Å². The molecule has 0 aromatic heterocycles. The Morgan fingerprint density at radius 1 is 1.33 bits per heavy atom. The summed E-state index contributed by atoms with van der Waals surface area (Å²) in [6.07, 6.45) is 5.80. The lowest BCUT2D eigenvalue weighted by Crippen LogP contribution is -2.42. The van der Waals surface area contributed by atoms with Gasteiger partial charge in [0.15, 0.2) is 5.81 Å². The highest BCUT2D eigenvalue weighted by Gasteiger charge is 2.46. The number of allylic oxidation sites excluding steroid dienone is 2. The number of amides is 1. The number of carboxylic acids is 1. The van der Waals surface area contributed by atoms with E-state index in [4.69, 9.17) is 5.11 Å². The molecule has 2 rings (SSSR count). The van der Waals surface area contributed by atoms with E-state index >= 15 is 0 Å². The Hall–Kier alpha value is -1.26. The number of fused-ring (bicyclic) bond motifs is 1. The molecule has 1 amide bonds. The first-order valence-electron chi connectivity index (χ1n) is 5.26. The number of hydrogen-bond donors (Lipinski definition) is 1. The van der Waals surface area contributed by atoms with Crippen LogP contribution in [0.3, 0.4) is 0 Å². The molecule has 0 bridgehead atoms. The summed E-state index contributed by atoms with van der Waals surface area (Å²) in [6.45, 7) is 0.599. The highest BCUT2D eigenvalue weighted by molar-refractivity contribution is 6.57. The molecule has 1 fully saturated rings.